The normalized spacial score (nSPS) is 20.4. The third-order valence-corrected chi connectivity index (χ3v) is 6.73. The van der Waals surface area contributed by atoms with Crippen molar-refractivity contribution < 1.29 is 18.3 Å². The molecule has 2 fully saturated rings. The van der Waals surface area contributed by atoms with Crippen LogP contribution in [0.15, 0.2) is 18.3 Å². The molecule has 13 heteroatoms. The SMILES string of the molecule is NC(=O)[C@H]1CC[C@@H](Nc2nc(NC3CCOCC3)ncc2NC(=S)Nc2c(F)cc(Cl)cc2F)CC1. The van der Waals surface area contributed by atoms with Crippen molar-refractivity contribution in [2.45, 2.75) is 50.6 Å². The van der Waals surface area contributed by atoms with Gasteiger partial charge in [0, 0.05) is 36.2 Å². The number of hydrogen-bond donors (Lipinski definition) is 5. The van der Waals surface area contributed by atoms with Crippen molar-refractivity contribution in [3.63, 3.8) is 0 Å². The van der Waals surface area contributed by atoms with E-state index < -0.39 is 17.3 Å². The molecule has 36 heavy (non-hydrogen) atoms. The Balaban J connectivity index is 1.50. The van der Waals surface area contributed by atoms with Gasteiger partial charge < -0.3 is 31.7 Å². The minimum atomic E-state index is -0.874. The Labute approximate surface area is 217 Å². The molecular formula is C23H28ClF2N7O2S. The molecule has 1 saturated carbocycles. The van der Waals surface area contributed by atoms with Gasteiger partial charge in [0.15, 0.2) is 22.6 Å². The second kappa shape index (κ2) is 11.9. The van der Waals surface area contributed by atoms with Crippen molar-refractivity contribution in [2.75, 3.05) is 34.5 Å². The minimum absolute atomic E-state index is 0.0515. The largest absolute Gasteiger partial charge is 0.381 e. The maximum Gasteiger partial charge on any atom is 0.224 e. The number of amides is 1. The van der Waals surface area contributed by atoms with Gasteiger partial charge in [0.1, 0.15) is 11.4 Å². The van der Waals surface area contributed by atoms with E-state index in [1.165, 1.54) is 0 Å². The zero-order valence-corrected chi connectivity index (χ0v) is 21.0. The van der Waals surface area contributed by atoms with Crippen LogP contribution in [0, 0.1) is 17.6 Å². The summed E-state index contributed by atoms with van der Waals surface area (Å²) in [5, 5.41) is 12.1. The number of rotatable bonds is 7. The van der Waals surface area contributed by atoms with Crippen molar-refractivity contribution in [2.24, 2.45) is 11.7 Å². The van der Waals surface area contributed by atoms with E-state index in [9.17, 15) is 13.6 Å². The van der Waals surface area contributed by atoms with E-state index in [2.05, 4.69) is 31.2 Å². The first-order chi connectivity index (χ1) is 17.3. The molecule has 1 amide bonds. The second-order valence-corrected chi connectivity index (χ2v) is 9.75. The van der Waals surface area contributed by atoms with E-state index >= 15 is 0 Å². The number of hydrogen-bond acceptors (Lipinski definition) is 7. The van der Waals surface area contributed by atoms with Crippen LogP contribution in [-0.4, -0.2) is 46.3 Å². The highest BCUT2D eigenvalue weighted by Crippen LogP contribution is 2.30. The topological polar surface area (TPSA) is 126 Å². The van der Waals surface area contributed by atoms with Gasteiger partial charge >= 0.3 is 0 Å². The van der Waals surface area contributed by atoms with Crippen LogP contribution < -0.4 is 27.0 Å². The highest BCUT2D eigenvalue weighted by molar-refractivity contribution is 7.80. The van der Waals surface area contributed by atoms with Gasteiger partial charge in [-0.1, -0.05) is 11.6 Å². The maximum atomic E-state index is 14.2. The first-order valence-corrected chi connectivity index (χ1v) is 12.6. The molecule has 0 spiro atoms. The number of nitrogens with two attached hydrogens (primary N) is 1. The zero-order valence-electron chi connectivity index (χ0n) is 19.5. The number of halogens is 3. The van der Waals surface area contributed by atoms with E-state index in [0.717, 1.165) is 37.8 Å². The summed E-state index contributed by atoms with van der Waals surface area (Å²) in [7, 11) is 0. The Morgan fingerprint density at radius 1 is 1.03 bits per heavy atom. The fourth-order valence-electron chi connectivity index (χ4n) is 4.32. The van der Waals surface area contributed by atoms with Gasteiger partial charge in [-0.25, -0.2) is 13.8 Å². The lowest BCUT2D eigenvalue weighted by molar-refractivity contribution is -0.122. The van der Waals surface area contributed by atoms with Crippen LogP contribution in [0.1, 0.15) is 38.5 Å². The molecule has 0 bridgehead atoms. The molecule has 0 atom stereocenters. The molecule has 0 unspecified atom stereocenters. The number of ether oxygens (including phenoxy) is 1. The van der Waals surface area contributed by atoms with Crippen LogP contribution in [0.5, 0.6) is 0 Å². The lowest BCUT2D eigenvalue weighted by atomic mass is 9.85. The van der Waals surface area contributed by atoms with E-state index in [0.29, 0.717) is 43.5 Å². The summed E-state index contributed by atoms with van der Waals surface area (Å²) < 4.78 is 33.8. The smallest absolute Gasteiger partial charge is 0.224 e. The number of nitrogens with zero attached hydrogens (tertiary/aromatic N) is 2. The quantitative estimate of drug-likeness (QED) is 0.328. The summed E-state index contributed by atoms with van der Waals surface area (Å²) in [6.07, 6.45) is 6.08. The van der Waals surface area contributed by atoms with Gasteiger partial charge in [0.05, 0.1) is 6.20 Å². The van der Waals surface area contributed by atoms with Crippen LogP contribution >= 0.6 is 23.8 Å². The minimum Gasteiger partial charge on any atom is -0.381 e. The van der Waals surface area contributed by atoms with E-state index in [1.54, 1.807) is 6.20 Å². The third kappa shape index (κ3) is 6.89. The molecule has 4 rings (SSSR count). The highest BCUT2D eigenvalue weighted by atomic mass is 35.5. The van der Waals surface area contributed by atoms with E-state index in [-0.39, 0.29) is 34.0 Å². The number of primary amides is 1. The molecule has 6 N–H and O–H groups in total. The molecule has 2 aliphatic rings. The van der Waals surface area contributed by atoms with E-state index in [4.69, 9.17) is 34.3 Å². The lowest BCUT2D eigenvalue weighted by Crippen LogP contribution is -2.33. The predicted molar refractivity (Wildman–Crippen MR) is 139 cm³/mol. The Morgan fingerprint density at radius 2 is 1.67 bits per heavy atom. The van der Waals surface area contributed by atoms with Gasteiger partial charge in [0.2, 0.25) is 11.9 Å². The van der Waals surface area contributed by atoms with Gasteiger partial charge in [-0.2, -0.15) is 4.98 Å². The summed E-state index contributed by atoms with van der Waals surface area (Å²) in [5.41, 5.74) is 5.46. The fraction of sp³-hybridized carbons (Fsp3) is 0.478. The number of aromatic nitrogens is 2. The monoisotopic (exact) mass is 539 g/mol. The second-order valence-electron chi connectivity index (χ2n) is 8.91. The average Bonchev–Trinajstić information content (AvgIpc) is 2.84. The summed E-state index contributed by atoms with van der Waals surface area (Å²) in [6.45, 7) is 1.34. The Morgan fingerprint density at radius 3 is 2.31 bits per heavy atom. The predicted octanol–water partition coefficient (Wildman–Crippen LogP) is 4.26. The maximum absolute atomic E-state index is 14.2. The number of thiocarbonyl (C=S) groups is 1. The summed E-state index contributed by atoms with van der Waals surface area (Å²) in [5.74, 6) is -1.24. The van der Waals surface area contributed by atoms with Crippen molar-refractivity contribution in [3.8, 4) is 0 Å². The van der Waals surface area contributed by atoms with Gasteiger partial charge in [-0.15, -0.1) is 0 Å². The van der Waals surface area contributed by atoms with Crippen LogP contribution in [0.2, 0.25) is 5.02 Å². The van der Waals surface area contributed by atoms with Crippen LogP contribution in [0.4, 0.5) is 31.9 Å². The molecule has 2 aromatic rings. The first kappa shape index (κ1) is 26.2. The molecule has 9 nitrogen and oxygen atoms in total. The van der Waals surface area contributed by atoms with Crippen LogP contribution in [0.25, 0.3) is 0 Å². The Bertz CT molecular complexity index is 1090. The van der Waals surface area contributed by atoms with Crippen molar-refractivity contribution in [1.82, 2.24) is 9.97 Å². The van der Waals surface area contributed by atoms with Crippen molar-refractivity contribution in [3.05, 3.63) is 35.0 Å². The highest BCUT2D eigenvalue weighted by Gasteiger charge is 2.26. The standard InChI is InChI=1S/C23H28ClF2N7O2S/c24-13-9-16(25)19(17(26)10-13)32-23(36)31-18-11-28-22(30-15-5-7-35-8-6-15)33-21(18)29-14-3-1-12(2-4-14)20(27)34/h9-12,14-15H,1-8H2,(H2,27,34)(H2,31,32,36)(H2,28,29,30,33)/t12-,14+. The summed E-state index contributed by atoms with van der Waals surface area (Å²) >= 11 is 11.0. The molecule has 1 saturated heterocycles. The Kier molecular flexibility index (Phi) is 8.70. The molecule has 0 radical (unpaired) electrons. The van der Waals surface area contributed by atoms with Gasteiger partial charge in [0.25, 0.3) is 0 Å². The summed E-state index contributed by atoms with van der Waals surface area (Å²) in [4.78, 5) is 20.5. The summed E-state index contributed by atoms with van der Waals surface area (Å²) in [6, 6.07) is 2.23. The number of carbonyl (C=O) groups is 1. The van der Waals surface area contributed by atoms with Crippen molar-refractivity contribution >= 4 is 58.0 Å². The molecule has 1 aliphatic heterocycles. The van der Waals surface area contributed by atoms with Gasteiger partial charge in [-0.3, -0.25) is 4.79 Å². The van der Waals surface area contributed by atoms with E-state index in [1.807, 2.05) is 0 Å². The average molecular weight is 540 g/mol. The van der Waals surface area contributed by atoms with Crippen LogP contribution in [-0.2, 0) is 9.53 Å². The molecule has 1 aromatic heterocycles. The van der Waals surface area contributed by atoms with Crippen LogP contribution in [0.3, 0.4) is 0 Å². The molecule has 1 aliphatic carbocycles. The van der Waals surface area contributed by atoms with Crippen molar-refractivity contribution in [1.29, 1.82) is 0 Å². The lowest BCUT2D eigenvalue weighted by Gasteiger charge is -2.29. The molecule has 1 aromatic carbocycles. The first-order valence-electron chi connectivity index (χ1n) is 11.8. The number of anilines is 4. The molecular weight excluding hydrogens is 512 g/mol. The number of benzene rings is 1. The third-order valence-electron chi connectivity index (χ3n) is 6.31. The molecule has 194 valence electrons. The zero-order chi connectivity index (χ0) is 25.7. The Hall–Kier alpha value is -2.83. The number of nitrogens with one attached hydrogen (secondary N) is 4. The fourth-order valence-corrected chi connectivity index (χ4v) is 4.73. The molecule has 2 heterocycles. The number of carbonyl (C=O) groups excluding carboxylic acids is 1. The van der Waals surface area contributed by atoms with Gasteiger partial charge in [-0.05, 0) is 62.9 Å².